The number of anilines is 1. The number of nitrogens with zero attached hydrogens (tertiary/aromatic N) is 5. The lowest BCUT2D eigenvalue weighted by molar-refractivity contribution is 0.157. The number of carbonyl (C=O) groups excluding carboxylic acids is 1. The minimum atomic E-state index is 0.0574. The Balaban J connectivity index is 2.04. The fourth-order valence-electron chi connectivity index (χ4n) is 2.50. The quantitative estimate of drug-likeness (QED) is 0.859. The predicted molar refractivity (Wildman–Crippen MR) is 86.1 cm³/mol. The lowest BCUT2D eigenvalue weighted by Crippen LogP contribution is -2.51. The fourth-order valence-corrected chi connectivity index (χ4v) is 3.38. The molecule has 2 rings (SSSR count). The Morgan fingerprint density at radius 2 is 2.05 bits per heavy atom. The maximum Gasteiger partial charge on any atom is 0.319 e. The van der Waals surface area contributed by atoms with Gasteiger partial charge >= 0.3 is 6.03 Å². The molecule has 0 aromatic carbocycles. The molecule has 0 saturated carbocycles. The van der Waals surface area contributed by atoms with Gasteiger partial charge in [-0.1, -0.05) is 25.2 Å². The maximum absolute atomic E-state index is 12.1. The Morgan fingerprint density at radius 1 is 1.33 bits per heavy atom. The van der Waals surface area contributed by atoms with Crippen LogP contribution in [0.2, 0.25) is 0 Å². The maximum atomic E-state index is 12.1. The molecule has 0 bridgehead atoms. The van der Waals surface area contributed by atoms with Crippen LogP contribution < -0.4 is 4.90 Å². The third kappa shape index (κ3) is 3.64. The second-order valence-electron chi connectivity index (χ2n) is 6.11. The Bertz CT molecular complexity index is 487. The van der Waals surface area contributed by atoms with E-state index in [-0.39, 0.29) is 12.1 Å². The van der Waals surface area contributed by atoms with E-state index >= 15 is 0 Å². The van der Waals surface area contributed by atoms with Crippen LogP contribution >= 0.6 is 11.3 Å². The van der Waals surface area contributed by atoms with Crippen molar-refractivity contribution in [1.82, 2.24) is 20.0 Å². The smallest absolute Gasteiger partial charge is 0.319 e. The number of aromatic nitrogens is 2. The van der Waals surface area contributed by atoms with Gasteiger partial charge in [0.25, 0.3) is 0 Å². The Labute approximate surface area is 130 Å². The Morgan fingerprint density at radius 3 is 2.62 bits per heavy atom. The van der Waals surface area contributed by atoms with Gasteiger partial charge in [0.15, 0.2) is 0 Å². The molecule has 1 atom stereocenters. The number of hydrogen-bond donors (Lipinski definition) is 0. The number of likely N-dealkylation sites (N-methyl/N-ethyl adjacent to an activating group) is 1. The molecule has 2 amide bonds. The number of amides is 2. The van der Waals surface area contributed by atoms with Crippen LogP contribution in [0.15, 0.2) is 0 Å². The second-order valence-corrected chi connectivity index (χ2v) is 7.10. The van der Waals surface area contributed by atoms with Crippen LogP contribution in [0.25, 0.3) is 0 Å². The molecule has 1 unspecified atom stereocenters. The van der Waals surface area contributed by atoms with E-state index in [0.29, 0.717) is 5.92 Å². The van der Waals surface area contributed by atoms with Crippen LogP contribution in [0.3, 0.4) is 0 Å². The van der Waals surface area contributed by atoms with Crippen LogP contribution in [-0.2, 0) is 0 Å². The van der Waals surface area contributed by atoms with E-state index in [1.54, 1.807) is 30.3 Å². The standard InChI is InChI=1S/C14H25N5OS/c1-10(2)12-15-16-13(21-12)19-8-6-7-11(9-19)18(5)14(20)17(3)4/h10-11H,6-9H2,1-5H3. The van der Waals surface area contributed by atoms with E-state index in [9.17, 15) is 4.79 Å². The lowest BCUT2D eigenvalue weighted by atomic mass is 10.1. The predicted octanol–water partition coefficient (Wildman–Crippen LogP) is 2.24. The average molecular weight is 311 g/mol. The minimum Gasteiger partial charge on any atom is -0.345 e. The van der Waals surface area contributed by atoms with Gasteiger partial charge in [-0.25, -0.2) is 4.79 Å². The zero-order valence-corrected chi connectivity index (χ0v) is 14.4. The molecule has 2 heterocycles. The second kappa shape index (κ2) is 6.60. The molecule has 7 heteroatoms. The van der Waals surface area contributed by atoms with Crippen molar-refractivity contribution < 1.29 is 4.79 Å². The minimum absolute atomic E-state index is 0.0574. The summed E-state index contributed by atoms with van der Waals surface area (Å²) < 4.78 is 0. The number of carbonyl (C=O) groups is 1. The van der Waals surface area contributed by atoms with E-state index in [0.717, 1.165) is 36.1 Å². The SMILES string of the molecule is CC(C)c1nnc(N2CCCC(N(C)C(=O)N(C)C)C2)s1. The van der Waals surface area contributed by atoms with Gasteiger partial charge in [0.1, 0.15) is 5.01 Å². The summed E-state index contributed by atoms with van der Waals surface area (Å²) in [7, 11) is 5.47. The molecule has 1 fully saturated rings. The summed E-state index contributed by atoms with van der Waals surface area (Å²) >= 11 is 1.67. The lowest BCUT2D eigenvalue weighted by Gasteiger charge is -2.38. The molecule has 0 radical (unpaired) electrons. The summed E-state index contributed by atoms with van der Waals surface area (Å²) in [5.74, 6) is 0.412. The number of piperidine rings is 1. The van der Waals surface area contributed by atoms with Gasteiger partial charge < -0.3 is 14.7 Å². The number of hydrogen-bond acceptors (Lipinski definition) is 5. The highest BCUT2D eigenvalue weighted by Gasteiger charge is 2.28. The molecule has 1 aliphatic rings. The molecule has 21 heavy (non-hydrogen) atoms. The van der Waals surface area contributed by atoms with Crippen LogP contribution in [0.1, 0.15) is 37.6 Å². The highest BCUT2D eigenvalue weighted by Crippen LogP contribution is 2.28. The van der Waals surface area contributed by atoms with E-state index in [1.807, 2.05) is 11.9 Å². The number of urea groups is 1. The monoisotopic (exact) mass is 311 g/mol. The normalized spacial score (nSPS) is 19.0. The molecule has 6 nitrogen and oxygen atoms in total. The van der Waals surface area contributed by atoms with Gasteiger partial charge in [-0.3, -0.25) is 0 Å². The van der Waals surface area contributed by atoms with Crippen LogP contribution in [-0.4, -0.2) is 66.3 Å². The highest BCUT2D eigenvalue weighted by atomic mass is 32.1. The first-order valence-corrected chi connectivity index (χ1v) is 8.24. The zero-order chi connectivity index (χ0) is 15.6. The van der Waals surface area contributed by atoms with Crippen molar-refractivity contribution in [2.75, 3.05) is 39.1 Å². The van der Waals surface area contributed by atoms with Gasteiger partial charge in [0.2, 0.25) is 5.13 Å². The van der Waals surface area contributed by atoms with Crippen molar-refractivity contribution in [3.8, 4) is 0 Å². The number of rotatable bonds is 3. The first-order valence-electron chi connectivity index (χ1n) is 7.42. The third-order valence-electron chi connectivity index (χ3n) is 3.82. The topological polar surface area (TPSA) is 52.6 Å². The molecule has 0 spiro atoms. The summed E-state index contributed by atoms with van der Waals surface area (Å²) in [5, 5.41) is 10.6. The Hall–Kier alpha value is -1.37. The summed E-state index contributed by atoms with van der Waals surface area (Å²) in [6.07, 6.45) is 2.12. The summed E-state index contributed by atoms with van der Waals surface area (Å²) in [5.41, 5.74) is 0. The van der Waals surface area contributed by atoms with Crippen LogP contribution in [0.4, 0.5) is 9.93 Å². The molecule has 0 N–H and O–H groups in total. The molecular formula is C14H25N5OS. The van der Waals surface area contributed by atoms with Gasteiger partial charge in [-0.05, 0) is 12.8 Å². The van der Waals surface area contributed by atoms with Gasteiger partial charge in [-0.15, -0.1) is 10.2 Å². The van der Waals surface area contributed by atoms with Gasteiger partial charge in [0, 0.05) is 40.2 Å². The summed E-state index contributed by atoms with van der Waals surface area (Å²) in [6.45, 7) is 6.09. The van der Waals surface area contributed by atoms with Crippen molar-refractivity contribution in [2.24, 2.45) is 0 Å². The molecule has 118 valence electrons. The molecule has 0 aliphatic carbocycles. The zero-order valence-electron chi connectivity index (χ0n) is 13.5. The highest BCUT2D eigenvalue weighted by molar-refractivity contribution is 7.15. The molecule has 1 saturated heterocycles. The van der Waals surface area contributed by atoms with Crippen LogP contribution in [0.5, 0.6) is 0 Å². The largest absolute Gasteiger partial charge is 0.345 e. The van der Waals surface area contributed by atoms with Gasteiger partial charge in [0.05, 0.1) is 6.04 Å². The summed E-state index contributed by atoms with van der Waals surface area (Å²) in [4.78, 5) is 17.8. The van der Waals surface area contributed by atoms with Crippen molar-refractivity contribution in [3.63, 3.8) is 0 Å². The van der Waals surface area contributed by atoms with E-state index in [2.05, 4.69) is 28.9 Å². The van der Waals surface area contributed by atoms with Crippen molar-refractivity contribution in [3.05, 3.63) is 5.01 Å². The molecule has 1 aromatic heterocycles. The first kappa shape index (κ1) is 16.0. The fraction of sp³-hybridized carbons (Fsp3) is 0.786. The van der Waals surface area contributed by atoms with Crippen molar-refractivity contribution >= 4 is 22.5 Å². The Kier molecular flexibility index (Phi) is 5.03. The summed E-state index contributed by atoms with van der Waals surface area (Å²) in [6, 6.07) is 0.294. The van der Waals surface area contributed by atoms with E-state index < -0.39 is 0 Å². The van der Waals surface area contributed by atoms with E-state index in [1.165, 1.54) is 0 Å². The molecule has 1 aliphatic heterocycles. The van der Waals surface area contributed by atoms with Crippen LogP contribution in [0, 0.1) is 0 Å². The molecular weight excluding hydrogens is 286 g/mol. The van der Waals surface area contributed by atoms with E-state index in [4.69, 9.17) is 0 Å². The molecule has 1 aromatic rings. The third-order valence-corrected chi connectivity index (χ3v) is 5.11. The van der Waals surface area contributed by atoms with Crippen molar-refractivity contribution in [1.29, 1.82) is 0 Å². The average Bonchev–Trinajstić information content (AvgIpc) is 2.95. The van der Waals surface area contributed by atoms with Crippen molar-refractivity contribution in [2.45, 2.75) is 38.6 Å². The van der Waals surface area contributed by atoms with Gasteiger partial charge in [-0.2, -0.15) is 0 Å². The first-order chi connectivity index (χ1) is 9.90.